The minimum atomic E-state index is 0.444. The van der Waals surface area contributed by atoms with Crippen LogP contribution in [0, 0.1) is 0 Å². The predicted octanol–water partition coefficient (Wildman–Crippen LogP) is 4.57. The van der Waals surface area contributed by atoms with Crippen molar-refractivity contribution in [2.75, 3.05) is 5.32 Å². The van der Waals surface area contributed by atoms with Gasteiger partial charge < -0.3 is 5.32 Å². The number of hydrogen-bond donors (Lipinski definition) is 1. The second-order valence-electron chi connectivity index (χ2n) is 4.65. The molecular formula is C15H13Cl2N. The van der Waals surface area contributed by atoms with E-state index in [1.165, 1.54) is 11.1 Å². The molecule has 0 unspecified atom stereocenters. The van der Waals surface area contributed by atoms with Gasteiger partial charge in [-0.3, -0.25) is 0 Å². The summed E-state index contributed by atoms with van der Waals surface area (Å²) < 4.78 is 0. The molecule has 0 bridgehead atoms. The van der Waals surface area contributed by atoms with Gasteiger partial charge in [-0.25, -0.2) is 0 Å². The molecule has 0 radical (unpaired) electrons. The number of hydrogen-bond acceptors (Lipinski definition) is 1. The van der Waals surface area contributed by atoms with Gasteiger partial charge >= 0.3 is 0 Å². The molecule has 3 rings (SSSR count). The van der Waals surface area contributed by atoms with Gasteiger partial charge in [0.2, 0.25) is 0 Å². The normalized spacial score (nSPS) is 14.6. The number of benzene rings is 2. The fraction of sp³-hybridized carbons (Fsp3) is 0.200. The maximum atomic E-state index is 6.02. The predicted molar refractivity (Wildman–Crippen MR) is 77.7 cm³/mol. The van der Waals surface area contributed by atoms with Gasteiger partial charge in [-0.2, -0.15) is 0 Å². The third-order valence-electron chi connectivity index (χ3n) is 3.34. The maximum absolute atomic E-state index is 6.02. The average Bonchev–Trinajstić information content (AvgIpc) is 2.76. The summed E-state index contributed by atoms with van der Waals surface area (Å²) in [7, 11) is 0. The van der Waals surface area contributed by atoms with Crippen molar-refractivity contribution >= 4 is 28.9 Å². The number of fused-ring (bicyclic) bond motifs is 1. The molecule has 2 aromatic carbocycles. The van der Waals surface area contributed by atoms with E-state index in [4.69, 9.17) is 23.2 Å². The minimum absolute atomic E-state index is 0.444. The van der Waals surface area contributed by atoms with Gasteiger partial charge in [0, 0.05) is 11.7 Å². The van der Waals surface area contributed by atoms with Crippen LogP contribution in [0.5, 0.6) is 0 Å². The first-order valence-electron chi connectivity index (χ1n) is 6.01. The van der Waals surface area contributed by atoms with Crippen LogP contribution in [0.2, 0.25) is 10.0 Å². The molecular weight excluding hydrogens is 265 g/mol. The van der Waals surface area contributed by atoms with Crippen molar-refractivity contribution < 1.29 is 0 Å². The van der Waals surface area contributed by atoms with Crippen LogP contribution in [0.3, 0.4) is 0 Å². The highest BCUT2D eigenvalue weighted by atomic mass is 35.5. The van der Waals surface area contributed by atoms with Crippen LogP contribution < -0.4 is 5.32 Å². The van der Waals surface area contributed by atoms with E-state index in [2.05, 4.69) is 29.6 Å². The summed E-state index contributed by atoms with van der Waals surface area (Å²) in [6.07, 6.45) is 2.13. The third-order valence-corrected chi connectivity index (χ3v) is 4.08. The Morgan fingerprint density at radius 2 is 1.56 bits per heavy atom. The average molecular weight is 278 g/mol. The van der Waals surface area contributed by atoms with E-state index < -0.39 is 0 Å². The highest BCUT2D eigenvalue weighted by Crippen LogP contribution is 2.28. The van der Waals surface area contributed by atoms with E-state index in [-0.39, 0.29) is 0 Å². The van der Waals surface area contributed by atoms with Crippen LogP contribution >= 0.6 is 23.2 Å². The molecule has 0 saturated carbocycles. The van der Waals surface area contributed by atoms with Crippen LogP contribution in [-0.2, 0) is 12.8 Å². The summed E-state index contributed by atoms with van der Waals surface area (Å²) in [4.78, 5) is 0. The van der Waals surface area contributed by atoms with Crippen LogP contribution in [0.25, 0.3) is 0 Å². The Hall–Kier alpha value is -1.18. The van der Waals surface area contributed by atoms with E-state index in [1.54, 1.807) is 0 Å². The molecule has 0 aromatic heterocycles. The molecule has 1 aliphatic rings. The first kappa shape index (κ1) is 11.9. The monoisotopic (exact) mass is 277 g/mol. The fourth-order valence-electron chi connectivity index (χ4n) is 2.48. The Labute approximate surface area is 117 Å². The number of nitrogens with one attached hydrogen (secondary N) is 1. The first-order valence-corrected chi connectivity index (χ1v) is 6.76. The Bertz CT molecular complexity index is 555. The summed E-state index contributed by atoms with van der Waals surface area (Å²) in [5.74, 6) is 0. The van der Waals surface area contributed by atoms with Crippen molar-refractivity contribution in [3.63, 3.8) is 0 Å². The van der Waals surface area contributed by atoms with Gasteiger partial charge in [-0.1, -0.05) is 47.5 Å². The second-order valence-corrected chi connectivity index (χ2v) is 5.46. The number of halogens is 2. The van der Waals surface area contributed by atoms with Crippen molar-refractivity contribution in [2.45, 2.75) is 18.9 Å². The molecule has 1 aliphatic carbocycles. The summed E-state index contributed by atoms with van der Waals surface area (Å²) in [5, 5.41) is 4.70. The third kappa shape index (κ3) is 2.33. The van der Waals surface area contributed by atoms with Gasteiger partial charge in [0.05, 0.1) is 10.0 Å². The molecule has 0 fully saturated rings. The van der Waals surface area contributed by atoms with E-state index >= 15 is 0 Å². The molecule has 1 nitrogen and oxygen atoms in total. The van der Waals surface area contributed by atoms with Crippen LogP contribution in [0.1, 0.15) is 11.1 Å². The van der Waals surface area contributed by atoms with Crippen LogP contribution in [0.15, 0.2) is 42.5 Å². The highest BCUT2D eigenvalue weighted by Gasteiger charge is 2.20. The second kappa shape index (κ2) is 4.83. The Morgan fingerprint density at radius 3 is 2.17 bits per heavy atom. The fourth-order valence-corrected chi connectivity index (χ4v) is 2.78. The lowest BCUT2D eigenvalue weighted by molar-refractivity contribution is 0.774. The van der Waals surface area contributed by atoms with Gasteiger partial charge in [0.15, 0.2) is 0 Å². The zero-order chi connectivity index (χ0) is 12.5. The number of anilines is 1. The minimum Gasteiger partial charge on any atom is -0.382 e. The summed E-state index contributed by atoms with van der Waals surface area (Å²) in [5.41, 5.74) is 3.91. The summed E-state index contributed by atoms with van der Waals surface area (Å²) in [6, 6.07) is 14.7. The molecule has 3 heteroatoms. The molecule has 0 amide bonds. The van der Waals surface area contributed by atoms with Gasteiger partial charge in [0.1, 0.15) is 0 Å². The molecule has 18 heavy (non-hydrogen) atoms. The quantitative estimate of drug-likeness (QED) is 0.848. The molecule has 92 valence electrons. The SMILES string of the molecule is Clc1ccc(NC2Cc3ccccc3C2)cc1Cl. The zero-order valence-corrected chi connectivity index (χ0v) is 11.3. The summed E-state index contributed by atoms with van der Waals surface area (Å²) in [6.45, 7) is 0. The molecule has 0 spiro atoms. The van der Waals surface area contributed by atoms with Crippen molar-refractivity contribution in [2.24, 2.45) is 0 Å². The van der Waals surface area contributed by atoms with E-state index in [0.717, 1.165) is 18.5 Å². The Morgan fingerprint density at radius 1 is 0.889 bits per heavy atom. The van der Waals surface area contributed by atoms with Gasteiger partial charge in [-0.05, 0) is 42.2 Å². The van der Waals surface area contributed by atoms with Crippen LogP contribution in [-0.4, -0.2) is 6.04 Å². The molecule has 0 heterocycles. The Balaban J connectivity index is 1.74. The Kier molecular flexibility index (Phi) is 3.19. The van der Waals surface area contributed by atoms with Crippen molar-refractivity contribution in [1.29, 1.82) is 0 Å². The maximum Gasteiger partial charge on any atom is 0.0612 e. The standard InChI is InChI=1S/C15H13Cl2N/c16-14-6-5-12(9-15(14)17)18-13-7-10-3-1-2-4-11(10)8-13/h1-6,9,13,18H,7-8H2. The molecule has 0 saturated heterocycles. The number of rotatable bonds is 2. The topological polar surface area (TPSA) is 12.0 Å². The van der Waals surface area contributed by atoms with E-state index in [9.17, 15) is 0 Å². The highest BCUT2D eigenvalue weighted by molar-refractivity contribution is 6.42. The van der Waals surface area contributed by atoms with Gasteiger partial charge in [0.25, 0.3) is 0 Å². The lowest BCUT2D eigenvalue weighted by atomic mass is 10.1. The van der Waals surface area contributed by atoms with Gasteiger partial charge in [-0.15, -0.1) is 0 Å². The smallest absolute Gasteiger partial charge is 0.0612 e. The van der Waals surface area contributed by atoms with Crippen LogP contribution in [0.4, 0.5) is 5.69 Å². The van der Waals surface area contributed by atoms with Crippen molar-refractivity contribution in [3.05, 3.63) is 63.6 Å². The van der Waals surface area contributed by atoms with Crippen molar-refractivity contribution in [1.82, 2.24) is 0 Å². The van der Waals surface area contributed by atoms with E-state index in [0.29, 0.717) is 16.1 Å². The molecule has 0 aliphatic heterocycles. The largest absolute Gasteiger partial charge is 0.382 e. The summed E-state index contributed by atoms with van der Waals surface area (Å²) >= 11 is 11.9. The molecule has 2 aromatic rings. The zero-order valence-electron chi connectivity index (χ0n) is 9.79. The van der Waals surface area contributed by atoms with E-state index in [1.807, 2.05) is 18.2 Å². The first-order chi connectivity index (χ1) is 8.72. The lowest BCUT2D eigenvalue weighted by Crippen LogP contribution is -2.19. The molecule has 1 N–H and O–H groups in total. The van der Waals surface area contributed by atoms with Crippen molar-refractivity contribution in [3.8, 4) is 0 Å². The molecule has 0 atom stereocenters. The lowest BCUT2D eigenvalue weighted by Gasteiger charge is -2.14.